The van der Waals surface area contributed by atoms with E-state index >= 15 is 0 Å². The van der Waals surface area contributed by atoms with E-state index in [1.807, 2.05) is 6.07 Å². The highest BCUT2D eigenvalue weighted by Crippen LogP contribution is 2.37. The van der Waals surface area contributed by atoms with E-state index in [1.54, 1.807) is 7.11 Å². The van der Waals surface area contributed by atoms with E-state index in [4.69, 9.17) is 16.3 Å². The van der Waals surface area contributed by atoms with E-state index < -0.39 is 0 Å². The van der Waals surface area contributed by atoms with E-state index in [-0.39, 0.29) is 0 Å². The minimum atomic E-state index is 0.661. The number of hydrogen-bond acceptors (Lipinski definition) is 2. The van der Waals surface area contributed by atoms with E-state index in [9.17, 15) is 0 Å². The van der Waals surface area contributed by atoms with Crippen LogP contribution in [0.25, 0.3) is 0 Å². The smallest absolute Gasteiger partial charge is 0.151 e. The van der Waals surface area contributed by atoms with Gasteiger partial charge in [0.15, 0.2) is 5.75 Å². The lowest BCUT2D eigenvalue weighted by molar-refractivity contribution is 0.412. The van der Waals surface area contributed by atoms with Gasteiger partial charge >= 0.3 is 0 Å². The van der Waals surface area contributed by atoms with Crippen molar-refractivity contribution in [3.8, 4) is 5.75 Å². The third-order valence-electron chi connectivity index (χ3n) is 2.66. The molecule has 1 aliphatic rings. The van der Waals surface area contributed by atoms with Gasteiger partial charge in [0.2, 0.25) is 0 Å². The summed E-state index contributed by atoms with van der Waals surface area (Å²) < 4.78 is 6.11. The lowest BCUT2D eigenvalue weighted by atomic mass is 10.3. The van der Waals surface area contributed by atoms with Crippen LogP contribution in [0.3, 0.4) is 0 Å². The first-order valence-corrected chi connectivity index (χ1v) is 6.17. The lowest BCUT2D eigenvalue weighted by Gasteiger charge is -2.19. The molecule has 0 radical (unpaired) electrons. The summed E-state index contributed by atoms with van der Waals surface area (Å²) in [6.07, 6.45) is 2.53. The highest BCUT2D eigenvalue weighted by atomic mass is 79.9. The van der Waals surface area contributed by atoms with Crippen LogP contribution in [0.4, 0.5) is 5.69 Å². The zero-order chi connectivity index (χ0) is 10.8. The minimum absolute atomic E-state index is 0.661. The number of methoxy groups -OCH3 is 1. The Morgan fingerprint density at radius 1 is 1.33 bits per heavy atom. The van der Waals surface area contributed by atoms with Crippen LogP contribution in [-0.4, -0.2) is 20.2 Å². The van der Waals surface area contributed by atoms with E-state index in [1.165, 1.54) is 18.5 Å². The molecule has 0 atom stereocenters. The first-order chi connectivity index (χ1) is 7.22. The normalized spacial score (nSPS) is 15.8. The Hall–Kier alpha value is -0.410. The SMILES string of the molecule is COc1c(Cl)cc(N2CCCC2)cc1Br. The Bertz CT molecular complexity index is 341. The molecule has 2 rings (SSSR count). The van der Waals surface area contributed by atoms with Crippen LogP contribution in [0, 0.1) is 0 Å². The standard InChI is InChI=1S/C11H13BrClNO/c1-15-11-9(12)6-8(7-10(11)13)14-4-2-3-5-14/h6-7H,2-5H2,1H3. The Morgan fingerprint density at radius 3 is 2.53 bits per heavy atom. The number of nitrogens with zero attached hydrogens (tertiary/aromatic N) is 1. The molecule has 1 aromatic rings. The summed E-state index contributed by atoms with van der Waals surface area (Å²) >= 11 is 9.60. The molecule has 1 fully saturated rings. The fourth-order valence-corrected chi connectivity index (χ4v) is 2.91. The molecule has 1 aliphatic heterocycles. The number of halogens is 2. The third-order valence-corrected chi connectivity index (χ3v) is 3.53. The minimum Gasteiger partial charge on any atom is -0.494 e. The van der Waals surface area contributed by atoms with Crippen molar-refractivity contribution in [3.63, 3.8) is 0 Å². The molecule has 2 nitrogen and oxygen atoms in total. The van der Waals surface area contributed by atoms with Crippen molar-refractivity contribution >= 4 is 33.2 Å². The highest BCUT2D eigenvalue weighted by molar-refractivity contribution is 9.10. The third kappa shape index (κ3) is 2.23. The van der Waals surface area contributed by atoms with Gasteiger partial charge < -0.3 is 9.64 Å². The molecule has 0 unspecified atom stereocenters. The van der Waals surface area contributed by atoms with Crippen molar-refractivity contribution in [2.75, 3.05) is 25.1 Å². The number of benzene rings is 1. The van der Waals surface area contributed by atoms with Crippen molar-refractivity contribution in [3.05, 3.63) is 21.6 Å². The first-order valence-electron chi connectivity index (χ1n) is 5.00. The fourth-order valence-electron chi connectivity index (χ4n) is 1.90. The van der Waals surface area contributed by atoms with Crippen molar-refractivity contribution in [1.29, 1.82) is 0 Å². The number of anilines is 1. The molecule has 0 saturated carbocycles. The maximum atomic E-state index is 6.13. The average Bonchev–Trinajstić information content (AvgIpc) is 2.69. The molecule has 82 valence electrons. The van der Waals surface area contributed by atoms with Gasteiger partial charge in [0, 0.05) is 18.8 Å². The van der Waals surface area contributed by atoms with Gasteiger partial charge in [-0.2, -0.15) is 0 Å². The lowest BCUT2D eigenvalue weighted by Crippen LogP contribution is -2.17. The Morgan fingerprint density at radius 2 is 2.00 bits per heavy atom. The summed E-state index contributed by atoms with van der Waals surface area (Å²) in [5, 5.41) is 0.661. The van der Waals surface area contributed by atoms with Gasteiger partial charge in [-0.1, -0.05) is 11.6 Å². The summed E-state index contributed by atoms with van der Waals surface area (Å²) in [6, 6.07) is 4.03. The number of ether oxygens (including phenoxy) is 1. The van der Waals surface area contributed by atoms with Crippen LogP contribution in [0.1, 0.15) is 12.8 Å². The van der Waals surface area contributed by atoms with Gasteiger partial charge in [0.05, 0.1) is 16.6 Å². The summed E-state index contributed by atoms with van der Waals surface area (Å²) in [4.78, 5) is 2.34. The van der Waals surface area contributed by atoms with Crippen LogP contribution in [0.2, 0.25) is 5.02 Å². The second kappa shape index (κ2) is 4.62. The Labute approximate surface area is 103 Å². The molecule has 1 heterocycles. The van der Waals surface area contributed by atoms with Gasteiger partial charge in [-0.3, -0.25) is 0 Å². The summed E-state index contributed by atoms with van der Waals surface area (Å²) in [5.41, 5.74) is 1.17. The molecule has 4 heteroatoms. The predicted molar refractivity (Wildman–Crippen MR) is 67.2 cm³/mol. The van der Waals surface area contributed by atoms with Crippen LogP contribution in [0.15, 0.2) is 16.6 Å². The van der Waals surface area contributed by atoms with Gasteiger partial charge in [-0.15, -0.1) is 0 Å². The average molecular weight is 291 g/mol. The summed E-state index contributed by atoms with van der Waals surface area (Å²) in [6.45, 7) is 2.24. The largest absolute Gasteiger partial charge is 0.494 e. The monoisotopic (exact) mass is 289 g/mol. The quantitative estimate of drug-likeness (QED) is 0.823. The molecule has 0 spiro atoms. The molecule has 1 saturated heterocycles. The topological polar surface area (TPSA) is 12.5 Å². The molecular weight excluding hydrogens is 277 g/mol. The Balaban J connectivity index is 2.33. The van der Waals surface area contributed by atoms with Crippen molar-refractivity contribution in [2.45, 2.75) is 12.8 Å². The summed E-state index contributed by atoms with van der Waals surface area (Å²) in [5.74, 6) is 0.708. The molecule has 1 aromatic carbocycles. The molecule has 0 aromatic heterocycles. The van der Waals surface area contributed by atoms with E-state index in [0.29, 0.717) is 10.8 Å². The second-order valence-electron chi connectivity index (χ2n) is 3.64. The molecule has 0 N–H and O–H groups in total. The predicted octanol–water partition coefficient (Wildman–Crippen LogP) is 3.71. The summed E-state index contributed by atoms with van der Waals surface area (Å²) in [7, 11) is 1.63. The van der Waals surface area contributed by atoms with E-state index in [2.05, 4.69) is 26.9 Å². The Kier molecular flexibility index (Phi) is 3.42. The van der Waals surface area contributed by atoms with Crippen LogP contribution >= 0.6 is 27.5 Å². The van der Waals surface area contributed by atoms with Crippen LogP contribution < -0.4 is 9.64 Å². The van der Waals surface area contributed by atoms with Gasteiger partial charge in [-0.25, -0.2) is 0 Å². The zero-order valence-electron chi connectivity index (χ0n) is 8.59. The molecule has 0 aliphatic carbocycles. The number of hydrogen-bond donors (Lipinski definition) is 0. The molecule has 0 bridgehead atoms. The maximum absolute atomic E-state index is 6.13. The van der Waals surface area contributed by atoms with Crippen LogP contribution in [0.5, 0.6) is 5.75 Å². The van der Waals surface area contributed by atoms with Crippen molar-refractivity contribution < 1.29 is 4.74 Å². The van der Waals surface area contributed by atoms with Crippen molar-refractivity contribution in [2.24, 2.45) is 0 Å². The number of rotatable bonds is 2. The molecule has 15 heavy (non-hydrogen) atoms. The van der Waals surface area contributed by atoms with E-state index in [0.717, 1.165) is 17.6 Å². The second-order valence-corrected chi connectivity index (χ2v) is 4.90. The van der Waals surface area contributed by atoms with Crippen LogP contribution in [-0.2, 0) is 0 Å². The van der Waals surface area contributed by atoms with Gasteiger partial charge in [0.25, 0.3) is 0 Å². The van der Waals surface area contributed by atoms with Gasteiger partial charge in [0.1, 0.15) is 0 Å². The van der Waals surface area contributed by atoms with Gasteiger partial charge in [-0.05, 0) is 40.9 Å². The highest BCUT2D eigenvalue weighted by Gasteiger charge is 2.15. The van der Waals surface area contributed by atoms with Crippen molar-refractivity contribution in [1.82, 2.24) is 0 Å². The maximum Gasteiger partial charge on any atom is 0.151 e. The molecule has 0 amide bonds. The molecular formula is C11H13BrClNO. The zero-order valence-corrected chi connectivity index (χ0v) is 10.9. The fraction of sp³-hybridized carbons (Fsp3) is 0.455. The first kappa shape index (κ1) is 11.1.